The summed E-state index contributed by atoms with van der Waals surface area (Å²) in [5.41, 5.74) is 2.11. The van der Waals surface area contributed by atoms with E-state index in [9.17, 15) is 5.11 Å². The van der Waals surface area contributed by atoms with E-state index in [-0.39, 0.29) is 0 Å². The topological polar surface area (TPSA) is 24.1 Å². The average Bonchev–Trinajstić information content (AvgIpc) is 2.28. The Labute approximate surface area is 95.1 Å². The highest BCUT2D eigenvalue weighted by molar-refractivity contribution is 5.67. The molecule has 16 heavy (non-hydrogen) atoms. The number of hydrogen-bond donors (Lipinski definition) is 1. The average molecular weight is 212 g/mol. The van der Waals surface area contributed by atoms with E-state index in [2.05, 4.69) is 0 Å². The van der Waals surface area contributed by atoms with Gasteiger partial charge >= 0.3 is 0 Å². The summed E-state index contributed by atoms with van der Waals surface area (Å²) >= 11 is 0. The molecule has 0 unspecified atom stereocenters. The molecular weight excluding hydrogens is 198 g/mol. The fraction of sp³-hybridized carbons (Fsp3) is 0.0714. The first-order valence-corrected chi connectivity index (χ1v) is 5.17. The molecule has 1 aromatic carbocycles. The molecular formula is C14H14NO+. The van der Waals surface area contributed by atoms with Gasteiger partial charge in [0.05, 0.1) is 0 Å². The first-order chi connectivity index (χ1) is 7.75. The van der Waals surface area contributed by atoms with Crippen LogP contribution in [0.5, 0.6) is 5.75 Å². The number of aryl methyl sites for hydroxylation is 1. The molecule has 0 radical (unpaired) electrons. The largest absolute Gasteiger partial charge is 0.508 e. The summed E-state index contributed by atoms with van der Waals surface area (Å²) in [6.07, 6.45) is 6.01. The Balaban J connectivity index is 2.25. The van der Waals surface area contributed by atoms with Crippen LogP contribution in [0.1, 0.15) is 11.3 Å². The van der Waals surface area contributed by atoms with Crippen LogP contribution in [0.15, 0.2) is 48.7 Å². The molecule has 1 N–H and O–H groups in total. The van der Waals surface area contributed by atoms with E-state index < -0.39 is 0 Å². The number of nitrogens with zero attached hydrogens (tertiary/aromatic N) is 1. The van der Waals surface area contributed by atoms with Gasteiger partial charge in [0.25, 0.3) is 0 Å². The number of aromatic hydroxyl groups is 1. The third-order valence-electron chi connectivity index (χ3n) is 2.41. The third kappa shape index (κ3) is 2.48. The maximum Gasteiger partial charge on any atom is 0.204 e. The number of phenolic OH excluding ortho intramolecular Hbond substituents is 1. The van der Waals surface area contributed by atoms with Crippen LogP contribution in [0, 0.1) is 0 Å². The Morgan fingerprint density at radius 1 is 1.06 bits per heavy atom. The van der Waals surface area contributed by atoms with Crippen LogP contribution in [-0.4, -0.2) is 5.11 Å². The number of pyridine rings is 1. The standard InChI is InChI=1S/C14H13NO/c1-15-10-3-2-6-13(15)9-8-12-5-4-7-14(16)11-12/h2-11H,1H3/p+1/b9-8+. The Kier molecular flexibility index (Phi) is 3.01. The third-order valence-corrected chi connectivity index (χ3v) is 2.41. The summed E-state index contributed by atoms with van der Waals surface area (Å²) in [7, 11) is 2.00. The molecule has 0 saturated heterocycles. The van der Waals surface area contributed by atoms with Gasteiger partial charge in [0.15, 0.2) is 6.20 Å². The Morgan fingerprint density at radius 3 is 2.69 bits per heavy atom. The molecule has 0 aliphatic rings. The van der Waals surface area contributed by atoms with Gasteiger partial charge in [-0.1, -0.05) is 12.1 Å². The Bertz CT molecular complexity index is 518. The molecule has 0 atom stereocenters. The lowest BCUT2D eigenvalue weighted by molar-refractivity contribution is -0.673. The molecule has 2 aromatic rings. The molecule has 80 valence electrons. The zero-order chi connectivity index (χ0) is 11.4. The smallest absolute Gasteiger partial charge is 0.204 e. The van der Waals surface area contributed by atoms with E-state index in [1.807, 2.05) is 60.3 Å². The van der Waals surface area contributed by atoms with Crippen molar-refractivity contribution in [2.24, 2.45) is 7.05 Å². The van der Waals surface area contributed by atoms with Gasteiger partial charge in [-0.25, -0.2) is 4.57 Å². The number of phenols is 1. The maximum absolute atomic E-state index is 9.33. The van der Waals surface area contributed by atoms with Crippen LogP contribution >= 0.6 is 0 Å². The summed E-state index contributed by atoms with van der Waals surface area (Å²) in [4.78, 5) is 0. The molecule has 0 bridgehead atoms. The van der Waals surface area contributed by atoms with E-state index in [4.69, 9.17) is 0 Å². The summed E-state index contributed by atoms with van der Waals surface area (Å²) < 4.78 is 2.04. The predicted octanol–water partition coefficient (Wildman–Crippen LogP) is 2.39. The molecule has 2 heteroatoms. The molecule has 2 nitrogen and oxygen atoms in total. The summed E-state index contributed by atoms with van der Waals surface area (Å²) in [6, 6.07) is 13.2. The van der Waals surface area contributed by atoms with Gasteiger partial charge in [0.1, 0.15) is 12.8 Å². The van der Waals surface area contributed by atoms with Crippen LogP contribution in [0.4, 0.5) is 0 Å². The van der Waals surface area contributed by atoms with E-state index in [1.165, 1.54) is 0 Å². The minimum absolute atomic E-state index is 0.291. The van der Waals surface area contributed by atoms with E-state index >= 15 is 0 Å². The predicted molar refractivity (Wildman–Crippen MR) is 64.7 cm³/mol. The van der Waals surface area contributed by atoms with Crippen molar-refractivity contribution in [3.05, 3.63) is 59.9 Å². The monoisotopic (exact) mass is 212 g/mol. The molecule has 1 heterocycles. The second-order valence-electron chi connectivity index (χ2n) is 3.66. The Morgan fingerprint density at radius 2 is 1.94 bits per heavy atom. The van der Waals surface area contributed by atoms with Crippen LogP contribution in [-0.2, 0) is 7.05 Å². The van der Waals surface area contributed by atoms with Crippen molar-refractivity contribution in [1.29, 1.82) is 0 Å². The summed E-state index contributed by atoms with van der Waals surface area (Å²) in [6.45, 7) is 0. The molecule has 0 spiro atoms. The Hall–Kier alpha value is -2.09. The molecule has 0 amide bonds. The minimum atomic E-state index is 0.291. The van der Waals surface area contributed by atoms with Crippen LogP contribution in [0.25, 0.3) is 12.2 Å². The van der Waals surface area contributed by atoms with Crippen LogP contribution in [0.3, 0.4) is 0 Å². The van der Waals surface area contributed by atoms with Crippen molar-refractivity contribution in [3.63, 3.8) is 0 Å². The van der Waals surface area contributed by atoms with Gasteiger partial charge in [-0.2, -0.15) is 0 Å². The lowest BCUT2D eigenvalue weighted by atomic mass is 10.2. The van der Waals surface area contributed by atoms with Gasteiger partial charge in [-0.3, -0.25) is 0 Å². The van der Waals surface area contributed by atoms with Gasteiger partial charge in [0, 0.05) is 18.2 Å². The van der Waals surface area contributed by atoms with E-state index in [1.54, 1.807) is 12.1 Å². The molecule has 0 aliphatic carbocycles. The van der Waals surface area contributed by atoms with Gasteiger partial charge < -0.3 is 5.11 Å². The quantitative estimate of drug-likeness (QED) is 0.759. The maximum atomic E-state index is 9.33. The lowest BCUT2D eigenvalue weighted by Gasteiger charge is -1.95. The highest BCUT2D eigenvalue weighted by atomic mass is 16.3. The fourth-order valence-electron chi connectivity index (χ4n) is 1.52. The summed E-state index contributed by atoms with van der Waals surface area (Å²) in [5.74, 6) is 0.291. The number of rotatable bonds is 2. The van der Waals surface area contributed by atoms with Crippen molar-refractivity contribution in [1.82, 2.24) is 0 Å². The highest BCUT2D eigenvalue weighted by Gasteiger charge is 1.98. The molecule has 2 rings (SSSR count). The number of hydrogen-bond acceptors (Lipinski definition) is 1. The SMILES string of the molecule is C[n+]1ccccc1/C=C/c1cccc(O)c1. The second-order valence-corrected chi connectivity index (χ2v) is 3.66. The van der Waals surface area contributed by atoms with Gasteiger partial charge in [-0.05, 0) is 29.8 Å². The first kappa shape index (κ1) is 10.4. The van der Waals surface area contributed by atoms with Gasteiger partial charge in [0.2, 0.25) is 5.69 Å². The first-order valence-electron chi connectivity index (χ1n) is 5.17. The van der Waals surface area contributed by atoms with E-state index in [0.29, 0.717) is 5.75 Å². The zero-order valence-corrected chi connectivity index (χ0v) is 9.17. The second kappa shape index (κ2) is 4.62. The van der Waals surface area contributed by atoms with Crippen LogP contribution < -0.4 is 4.57 Å². The summed E-state index contributed by atoms with van der Waals surface area (Å²) in [5, 5.41) is 9.33. The van der Waals surface area contributed by atoms with Crippen molar-refractivity contribution in [2.45, 2.75) is 0 Å². The van der Waals surface area contributed by atoms with Crippen molar-refractivity contribution >= 4 is 12.2 Å². The van der Waals surface area contributed by atoms with Crippen LogP contribution in [0.2, 0.25) is 0 Å². The van der Waals surface area contributed by atoms with E-state index in [0.717, 1.165) is 11.3 Å². The van der Waals surface area contributed by atoms with Crippen molar-refractivity contribution < 1.29 is 9.67 Å². The minimum Gasteiger partial charge on any atom is -0.508 e. The number of benzene rings is 1. The lowest BCUT2D eigenvalue weighted by Crippen LogP contribution is -2.30. The van der Waals surface area contributed by atoms with Gasteiger partial charge in [-0.15, -0.1) is 0 Å². The molecule has 0 fully saturated rings. The molecule has 0 saturated carbocycles. The van der Waals surface area contributed by atoms with Crippen molar-refractivity contribution in [2.75, 3.05) is 0 Å². The zero-order valence-electron chi connectivity index (χ0n) is 9.17. The molecule has 1 aromatic heterocycles. The highest BCUT2D eigenvalue weighted by Crippen LogP contribution is 2.12. The van der Waals surface area contributed by atoms with Crippen molar-refractivity contribution in [3.8, 4) is 5.75 Å². The number of aromatic nitrogens is 1. The molecule has 0 aliphatic heterocycles. The fourth-order valence-corrected chi connectivity index (χ4v) is 1.52. The normalized spacial score (nSPS) is 10.8.